The van der Waals surface area contributed by atoms with Crippen LogP contribution in [0.25, 0.3) is 6.08 Å². The Hall–Kier alpha value is -4.20. The molecular weight excluding hydrogens is 470 g/mol. The number of rotatable bonds is 6. The van der Waals surface area contributed by atoms with Crippen LogP contribution in [0.3, 0.4) is 0 Å². The predicted molar refractivity (Wildman–Crippen MR) is 126 cm³/mol. The second-order valence-corrected chi connectivity index (χ2v) is 8.67. The van der Waals surface area contributed by atoms with Crippen LogP contribution in [0.4, 0.5) is 8.78 Å². The molecule has 0 bridgehead atoms. The Bertz CT molecular complexity index is 1440. The Morgan fingerprint density at radius 3 is 2.36 bits per heavy atom. The zero-order chi connectivity index (χ0) is 25.4. The molecule has 0 amide bonds. The first-order chi connectivity index (χ1) is 17.3. The van der Waals surface area contributed by atoms with Crippen molar-refractivity contribution in [3.05, 3.63) is 118 Å². The third-order valence-electron chi connectivity index (χ3n) is 6.69. The summed E-state index contributed by atoms with van der Waals surface area (Å²) in [6.07, 6.45) is 4.54. The molecule has 6 nitrogen and oxygen atoms in total. The molecule has 184 valence electrons. The van der Waals surface area contributed by atoms with Crippen LogP contribution in [-0.2, 0) is 14.3 Å². The highest BCUT2D eigenvalue weighted by molar-refractivity contribution is 5.85. The van der Waals surface area contributed by atoms with Gasteiger partial charge in [-0.2, -0.15) is 0 Å². The van der Waals surface area contributed by atoms with Crippen molar-refractivity contribution in [3.8, 4) is 5.75 Å². The van der Waals surface area contributed by atoms with Crippen molar-refractivity contribution in [1.82, 2.24) is 0 Å². The molecule has 1 fully saturated rings. The summed E-state index contributed by atoms with van der Waals surface area (Å²) in [5, 5.41) is 0. The number of carbonyl (C=O) groups excluding carboxylic acids is 1. The number of benzene rings is 2. The van der Waals surface area contributed by atoms with Gasteiger partial charge >= 0.3 is 11.6 Å². The normalized spacial score (nSPS) is 24.9. The molecule has 1 saturated carbocycles. The molecule has 8 heteroatoms. The maximum absolute atomic E-state index is 14.3. The molecule has 0 saturated heterocycles. The zero-order valence-electron chi connectivity index (χ0n) is 19.4. The minimum atomic E-state index is -1.37. The molecule has 36 heavy (non-hydrogen) atoms. The largest absolute Gasteiger partial charge is 0.500 e. The molecule has 2 heterocycles. The van der Waals surface area contributed by atoms with Gasteiger partial charge in [0.05, 0.1) is 38.2 Å². The Kier molecular flexibility index (Phi) is 5.96. The monoisotopic (exact) mass is 492 g/mol. The Balaban J connectivity index is 1.73. The van der Waals surface area contributed by atoms with Crippen LogP contribution >= 0.6 is 0 Å². The van der Waals surface area contributed by atoms with Crippen LogP contribution in [-0.4, -0.2) is 25.8 Å². The number of hydrogen-bond acceptors (Lipinski definition) is 6. The van der Waals surface area contributed by atoms with Gasteiger partial charge in [0.25, 0.3) is 0 Å². The molecule has 4 atom stereocenters. The van der Waals surface area contributed by atoms with E-state index in [0.717, 1.165) is 0 Å². The van der Waals surface area contributed by atoms with Crippen LogP contribution in [0, 0.1) is 17.6 Å². The summed E-state index contributed by atoms with van der Waals surface area (Å²) >= 11 is 0. The quantitative estimate of drug-likeness (QED) is 0.453. The maximum atomic E-state index is 14.3. The van der Waals surface area contributed by atoms with Crippen molar-refractivity contribution < 1.29 is 32.2 Å². The van der Waals surface area contributed by atoms with Gasteiger partial charge in [0.15, 0.2) is 5.60 Å². The molecule has 0 spiro atoms. The predicted octanol–water partition coefficient (Wildman–Crippen LogP) is 4.96. The van der Waals surface area contributed by atoms with Gasteiger partial charge in [-0.3, -0.25) is 0 Å². The van der Waals surface area contributed by atoms with Gasteiger partial charge < -0.3 is 18.6 Å². The summed E-state index contributed by atoms with van der Waals surface area (Å²) in [6.45, 7) is 0. The smallest absolute Gasteiger partial charge is 0.339 e. The lowest BCUT2D eigenvalue weighted by Crippen LogP contribution is -2.63. The lowest BCUT2D eigenvalue weighted by molar-refractivity contribution is -0.182. The first-order valence-corrected chi connectivity index (χ1v) is 11.2. The fourth-order valence-electron chi connectivity index (χ4n) is 5.27. The molecule has 0 radical (unpaired) electrons. The van der Waals surface area contributed by atoms with Gasteiger partial charge in [-0.1, -0.05) is 30.3 Å². The molecule has 1 aliphatic heterocycles. The number of halogens is 2. The van der Waals surface area contributed by atoms with Crippen molar-refractivity contribution in [2.24, 2.45) is 5.92 Å². The van der Waals surface area contributed by atoms with Crippen LogP contribution in [0.15, 0.2) is 87.8 Å². The number of carbonyl (C=O) groups is 1. The number of hydrogen-bond donors (Lipinski definition) is 0. The van der Waals surface area contributed by atoms with Gasteiger partial charge in [-0.05, 0) is 41.5 Å². The summed E-state index contributed by atoms with van der Waals surface area (Å²) in [4.78, 5) is 25.1. The summed E-state index contributed by atoms with van der Waals surface area (Å²) in [5.74, 6) is -2.55. The Morgan fingerprint density at radius 2 is 1.67 bits per heavy atom. The summed E-state index contributed by atoms with van der Waals surface area (Å²) < 4.78 is 50.5. The number of ether oxygens (including phenoxy) is 3. The molecule has 2 aliphatic rings. The van der Waals surface area contributed by atoms with Crippen molar-refractivity contribution in [2.75, 3.05) is 14.2 Å². The zero-order valence-corrected chi connectivity index (χ0v) is 19.4. The van der Waals surface area contributed by atoms with E-state index in [1.54, 1.807) is 42.5 Å². The lowest BCUT2D eigenvalue weighted by atomic mass is 9.49. The third-order valence-corrected chi connectivity index (χ3v) is 6.69. The average Bonchev–Trinajstić information content (AvgIpc) is 2.84. The van der Waals surface area contributed by atoms with Crippen LogP contribution in [0.1, 0.15) is 28.7 Å². The highest BCUT2D eigenvalue weighted by atomic mass is 19.1. The summed E-state index contributed by atoms with van der Waals surface area (Å²) in [7, 11) is 2.85. The van der Waals surface area contributed by atoms with Crippen LogP contribution in [0.5, 0.6) is 5.75 Å². The number of methoxy groups -OCH3 is 2. The standard InChI is InChI=1S/C28H22F2O6/c1-33-20-13-22(35-23(31)14-20)27-25(17-6-4-8-19(30)12-17)26-21(34-2)15-24(32)36-28(26,27)10-9-16-5-3-7-18(29)11-16/h3-15,25-27H,1-2H3/b10-9+. The third kappa shape index (κ3) is 3.98. The first kappa shape index (κ1) is 23.5. The minimum Gasteiger partial charge on any atom is -0.500 e. The van der Waals surface area contributed by atoms with E-state index in [2.05, 4.69) is 0 Å². The van der Waals surface area contributed by atoms with E-state index in [-0.39, 0.29) is 11.5 Å². The van der Waals surface area contributed by atoms with E-state index in [4.69, 9.17) is 18.6 Å². The number of fused-ring (bicyclic) bond motifs is 1. The molecule has 4 unspecified atom stereocenters. The van der Waals surface area contributed by atoms with E-state index in [1.807, 2.05) is 0 Å². The second-order valence-electron chi connectivity index (χ2n) is 8.67. The topological polar surface area (TPSA) is 75.0 Å². The maximum Gasteiger partial charge on any atom is 0.339 e. The van der Waals surface area contributed by atoms with E-state index in [0.29, 0.717) is 16.9 Å². The van der Waals surface area contributed by atoms with E-state index >= 15 is 0 Å². The number of esters is 1. The molecule has 5 rings (SSSR count). The van der Waals surface area contributed by atoms with E-state index < -0.39 is 46.6 Å². The summed E-state index contributed by atoms with van der Waals surface area (Å²) in [5.41, 5.74) is -0.887. The highest BCUT2D eigenvalue weighted by Gasteiger charge is 2.68. The van der Waals surface area contributed by atoms with Crippen molar-refractivity contribution in [3.63, 3.8) is 0 Å². The van der Waals surface area contributed by atoms with Crippen molar-refractivity contribution in [1.29, 1.82) is 0 Å². The fraction of sp³-hybridized carbons (Fsp3) is 0.214. The van der Waals surface area contributed by atoms with Crippen LogP contribution in [0.2, 0.25) is 0 Å². The fourth-order valence-corrected chi connectivity index (χ4v) is 5.27. The Labute approximate surface area is 205 Å². The van der Waals surface area contributed by atoms with Crippen molar-refractivity contribution in [2.45, 2.75) is 17.4 Å². The average molecular weight is 492 g/mol. The molecule has 1 aliphatic carbocycles. The first-order valence-electron chi connectivity index (χ1n) is 11.2. The van der Waals surface area contributed by atoms with E-state index in [1.165, 1.54) is 50.6 Å². The summed E-state index contributed by atoms with van der Waals surface area (Å²) in [6, 6.07) is 14.7. The van der Waals surface area contributed by atoms with Gasteiger partial charge in [-0.15, -0.1) is 0 Å². The SMILES string of the molecule is COC1=CC(=O)OC2(/C=C/c3cccc(F)c3)C1C(c1cccc(F)c1)C2c1cc(OC)cc(=O)o1. The molecule has 0 N–H and O–H groups in total. The molecule has 1 aromatic heterocycles. The van der Waals surface area contributed by atoms with Gasteiger partial charge in [0.1, 0.15) is 28.9 Å². The molecule has 3 aromatic rings. The van der Waals surface area contributed by atoms with Crippen molar-refractivity contribution >= 4 is 12.0 Å². The lowest BCUT2D eigenvalue weighted by Gasteiger charge is -2.59. The second kappa shape index (κ2) is 9.11. The molecule has 2 aromatic carbocycles. The van der Waals surface area contributed by atoms with Gasteiger partial charge in [0.2, 0.25) is 0 Å². The highest BCUT2D eigenvalue weighted by Crippen LogP contribution is 2.66. The Morgan fingerprint density at radius 1 is 0.917 bits per heavy atom. The molecular formula is C28H22F2O6. The minimum absolute atomic E-state index is 0.193. The van der Waals surface area contributed by atoms with Gasteiger partial charge in [-0.25, -0.2) is 18.4 Å². The van der Waals surface area contributed by atoms with E-state index in [9.17, 15) is 18.4 Å². The van der Waals surface area contributed by atoms with Crippen LogP contribution < -0.4 is 10.4 Å². The van der Waals surface area contributed by atoms with Gasteiger partial charge in [0, 0.05) is 12.0 Å².